The van der Waals surface area contributed by atoms with Crippen molar-refractivity contribution in [2.24, 2.45) is 0 Å². The first-order chi connectivity index (χ1) is 21.2. The van der Waals surface area contributed by atoms with Crippen molar-refractivity contribution in [2.75, 3.05) is 0 Å². The third-order valence-corrected chi connectivity index (χ3v) is 9.75. The summed E-state index contributed by atoms with van der Waals surface area (Å²) >= 11 is 8.70. The fraction of sp³-hybridized carbons (Fsp3) is 0. The molecule has 0 fully saturated rings. The quantitative estimate of drug-likeness (QED) is 0.206. The van der Waals surface area contributed by atoms with Crippen LogP contribution in [-0.2, 0) is 0 Å². The Kier molecular flexibility index (Phi) is 5.42. The van der Waals surface area contributed by atoms with Crippen LogP contribution in [0.3, 0.4) is 0 Å². The highest BCUT2D eigenvalue weighted by molar-refractivity contribution is 7.26. The second-order valence-electron chi connectivity index (χ2n) is 10.8. The van der Waals surface area contributed by atoms with Gasteiger partial charge in [0.15, 0.2) is 5.82 Å². The van der Waals surface area contributed by atoms with Gasteiger partial charge in [0, 0.05) is 37.7 Å². The smallest absolute Gasteiger partial charge is 0.162 e. The molecule has 3 nitrogen and oxygen atoms in total. The van der Waals surface area contributed by atoms with Crippen LogP contribution in [0.2, 0.25) is 5.02 Å². The molecule has 3 aromatic heterocycles. The van der Waals surface area contributed by atoms with E-state index in [0.717, 1.165) is 49.1 Å². The van der Waals surface area contributed by atoms with Gasteiger partial charge in [-0.1, -0.05) is 103 Å². The topological polar surface area (TPSA) is 30.7 Å². The van der Waals surface area contributed by atoms with Gasteiger partial charge in [-0.05, 0) is 53.2 Å². The molecular weight excluding hydrogens is 566 g/mol. The average Bonchev–Trinajstić information content (AvgIpc) is 3.59. The van der Waals surface area contributed by atoms with Gasteiger partial charge >= 0.3 is 0 Å². The molecule has 0 aliphatic rings. The zero-order valence-corrected chi connectivity index (χ0v) is 24.4. The molecule has 43 heavy (non-hydrogen) atoms. The first-order valence-corrected chi connectivity index (χ1v) is 15.4. The zero-order chi connectivity index (χ0) is 28.5. The molecule has 0 unspecified atom stereocenters. The maximum atomic E-state index is 6.96. The summed E-state index contributed by atoms with van der Waals surface area (Å²) < 4.78 is 4.60. The van der Waals surface area contributed by atoms with Crippen LogP contribution in [0, 0.1) is 0 Å². The highest BCUT2D eigenvalue weighted by Gasteiger charge is 2.19. The Balaban J connectivity index is 1.33. The summed E-state index contributed by atoms with van der Waals surface area (Å²) in [4.78, 5) is 10.4. The molecule has 3 heterocycles. The Hall–Kier alpha value is -5.03. The Morgan fingerprint density at radius 2 is 1.30 bits per heavy atom. The normalized spacial score (nSPS) is 11.8. The number of thiophene rings is 1. The molecule has 6 aromatic carbocycles. The summed E-state index contributed by atoms with van der Waals surface area (Å²) in [6, 6.07) is 46.7. The Morgan fingerprint density at radius 1 is 0.581 bits per heavy atom. The van der Waals surface area contributed by atoms with Crippen molar-refractivity contribution in [2.45, 2.75) is 0 Å². The third kappa shape index (κ3) is 3.81. The predicted octanol–water partition coefficient (Wildman–Crippen LogP) is 11.1. The van der Waals surface area contributed by atoms with Crippen LogP contribution in [0.5, 0.6) is 0 Å². The van der Waals surface area contributed by atoms with Crippen molar-refractivity contribution in [3.8, 4) is 28.3 Å². The fourth-order valence-electron chi connectivity index (χ4n) is 6.26. The van der Waals surface area contributed by atoms with Crippen LogP contribution in [0.15, 0.2) is 133 Å². The number of aromatic nitrogens is 3. The minimum Gasteiger partial charge on any atom is -0.309 e. The SMILES string of the molecule is Clc1ccc(-n2c3ccccc3c3cc4ccccc4cc32)cc1-c1nc(-c2ccccc2)c2sc3ccccc3c2n1. The van der Waals surface area contributed by atoms with E-state index in [4.69, 9.17) is 21.6 Å². The van der Waals surface area contributed by atoms with Crippen molar-refractivity contribution in [1.82, 2.24) is 14.5 Å². The number of halogens is 1. The van der Waals surface area contributed by atoms with Crippen LogP contribution >= 0.6 is 22.9 Å². The second kappa shape index (κ2) is 9.50. The van der Waals surface area contributed by atoms with Gasteiger partial charge < -0.3 is 4.57 Å². The van der Waals surface area contributed by atoms with Crippen molar-refractivity contribution < 1.29 is 0 Å². The molecule has 9 rings (SSSR count). The van der Waals surface area contributed by atoms with E-state index in [1.807, 2.05) is 12.1 Å². The number of fused-ring (bicyclic) bond motifs is 7. The summed E-state index contributed by atoms with van der Waals surface area (Å²) in [5.41, 5.74) is 7.05. The average molecular weight is 588 g/mol. The largest absolute Gasteiger partial charge is 0.309 e. The van der Waals surface area contributed by atoms with Gasteiger partial charge in [-0.3, -0.25) is 0 Å². The van der Waals surface area contributed by atoms with E-state index in [-0.39, 0.29) is 0 Å². The molecule has 0 atom stereocenters. The van der Waals surface area contributed by atoms with Gasteiger partial charge in [-0.15, -0.1) is 11.3 Å². The van der Waals surface area contributed by atoms with E-state index in [2.05, 4.69) is 126 Å². The number of benzene rings is 6. The summed E-state index contributed by atoms with van der Waals surface area (Å²) in [5, 5.41) is 6.62. The van der Waals surface area contributed by atoms with Crippen LogP contribution in [0.4, 0.5) is 0 Å². The highest BCUT2D eigenvalue weighted by Crippen LogP contribution is 2.41. The number of rotatable bonds is 3. The first-order valence-electron chi connectivity index (χ1n) is 14.2. The lowest BCUT2D eigenvalue weighted by molar-refractivity contribution is 1.17. The molecule has 0 bridgehead atoms. The van der Waals surface area contributed by atoms with Crippen molar-refractivity contribution >= 4 is 75.8 Å². The summed E-state index contributed by atoms with van der Waals surface area (Å²) in [7, 11) is 0. The molecule has 202 valence electrons. The molecule has 9 aromatic rings. The lowest BCUT2D eigenvalue weighted by Gasteiger charge is -2.13. The van der Waals surface area contributed by atoms with Crippen molar-refractivity contribution in [3.05, 3.63) is 138 Å². The van der Waals surface area contributed by atoms with Gasteiger partial charge in [-0.2, -0.15) is 0 Å². The van der Waals surface area contributed by atoms with E-state index in [1.165, 1.54) is 26.2 Å². The van der Waals surface area contributed by atoms with Crippen LogP contribution < -0.4 is 0 Å². The number of hydrogen-bond donors (Lipinski definition) is 0. The predicted molar refractivity (Wildman–Crippen MR) is 183 cm³/mol. The Morgan fingerprint density at radius 3 is 2.16 bits per heavy atom. The molecule has 0 aliphatic carbocycles. The van der Waals surface area contributed by atoms with Gasteiger partial charge in [0.05, 0.1) is 32.0 Å². The maximum absolute atomic E-state index is 6.96. The maximum Gasteiger partial charge on any atom is 0.162 e. The van der Waals surface area contributed by atoms with Gasteiger partial charge in [0.1, 0.15) is 0 Å². The Bertz CT molecular complexity index is 2530. The molecule has 0 aliphatic heterocycles. The molecule has 0 amide bonds. The van der Waals surface area contributed by atoms with Crippen LogP contribution in [-0.4, -0.2) is 14.5 Å². The molecule has 0 saturated heterocycles. The van der Waals surface area contributed by atoms with Crippen molar-refractivity contribution in [3.63, 3.8) is 0 Å². The molecule has 5 heteroatoms. The fourth-order valence-corrected chi connectivity index (χ4v) is 7.62. The highest BCUT2D eigenvalue weighted by atomic mass is 35.5. The molecular formula is C38H22ClN3S. The van der Waals surface area contributed by atoms with E-state index >= 15 is 0 Å². The van der Waals surface area contributed by atoms with E-state index in [1.54, 1.807) is 11.3 Å². The van der Waals surface area contributed by atoms with E-state index < -0.39 is 0 Å². The van der Waals surface area contributed by atoms with E-state index in [0.29, 0.717) is 10.8 Å². The molecule has 0 radical (unpaired) electrons. The van der Waals surface area contributed by atoms with Gasteiger partial charge in [-0.25, -0.2) is 9.97 Å². The number of nitrogens with zero attached hydrogens (tertiary/aromatic N) is 3. The lowest BCUT2D eigenvalue weighted by Crippen LogP contribution is -1.98. The standard InChI is InChI=1S/C38H22ClN3S/c39-31-19-18-26(42-32-16-8-6-14-27(32)29-20-24-12-4-5-13-25(24)21-33(29)42)22-30(31)38-40-35(23-10-2-1-3-11-23)37-36(41-38)28-15-7-9-17-34(28)43-37/h1-22H. The molecule has 0 spiro atoms. The lowest BCUT2D eigenvalue weighted by atomic mass is 10.1. The summed E-state index contributed by atoms with van der Waals surface area (Å²) in [6.07, 6.45) is 0. The molecule has 0 N–H and O–H groups in total. The van der Waals surface area contributed by atoms with E-state index in [9.17, 15) is 0 Å². The van der Waals surface area contributed by atoms with Crippen LogP contribution in [0.25, 0.3) is 81.2 Å². The Labute approximate surface area is 256 Å². The van der Waals surface area contributed by atoms with Gasteiger partial charge in [0.25, 0.3) is 0 Å². The summed E-state index contributed by atoms with van der Waals surface area (Å²) in [6.45, 7) is 0. The van der Waals surface area contributed by atoms with Crippen LogP contribution in [0.1, 0.15) is 0 Å². The number of para-hydroxylation sites is 1. The zero-order valence-electron chi connectivity index (χ0n) is 22.8. The van der Waals surface area contributed by atoms with Gasteiger partial charge in [0.2, 0.25) is 0 Å². The molecule has 0 saturated carbocycles. The van der Waals surface area contributed by atoms with Crippen molar-refractivity contribution in [1.29, 1.82) is 0 Å². The summed E-state index contributed by atoms with van der Waals surface area (Å²) in [5.74, 6) is 0.618. The second-order valence-corrected chi connectivity index (χ2v) is 12.2. The minimum absolute atomic E-state index is 0.618. The monoisotopic (exact) mass is 587 g/mol. The minimum atomic E-state index is 0.618. The first kappa shape index (κ1) is 24.6. The third-order valence-electron chi connectivity index (χ3n) is 8.26. The number of hydrogen-bond acceptors (Lipinski definition) is 3.